The first-order valence-electron chi connectivity index (χ1n) is 4.68. The Kier molecular flexibility index (Phi) is 3.34. The second-order valence-corrected chi connectivity index (χ2v) is 3.47. The highest BCUT2D eigenvalue weighted by molar-refractivity contribution is 4.84. The molecule has 2 unspecified atom stereocenters. The molecule has 0 amide bonds. The molecule has 0 aliphatic carbocycles. The lowest BCUT2D eigenvalue weighted by molar-refractivity contribution is 0.109. The normalized spacial score (nSPS) is 31.6. The van der Waals surface area contributed by atoms with Crippen LogP contribution in [0.3, 0.4) is 0 Å². The highest BCUT2D eigenvalue weighted by Gasteiger charge is 2.29. The lowest BCUT2D eigenvalue weighted by Crippen LogP contribution is -2.25. The third-order valence-corrected chi connectivity index (χ3v) is 2.88. The second kappa shape index (κ2) is 4.07. The van der Waals surface area contributed by atoms with Gasteiger partial charge >= 0.3 is 0 Å². The number of rotatable bonds is 3. The molecule has 0 bridgehead atoms. The van der Waals surface area contributed by atoms with Crippen LogP contribution in [0.4, 0.5) is 0 Å². The van der Waals surface area contributed by atoms with Crippen LogP contribution in [0.5, 0.6) is 0 Å². The van der Waals surface area contributed by atoms with Crippen LogP contribution >= 0.6 is 0 Å². The van der Waals surface area contributed by atoms with Crippen molar-refractivity contribution in [3.63, 3.8) is 0 Å². The van der Waals surface area contributed by atoms with Gasteiger partial charge in [0.15, 0.2) is 0 Å². The van der Waals surface area contributed by atoms with Crippen molar-refractivity contribution in [2.75, 3.05) is 13.1 Å². The Morgan fingerprint density at radius 1 is 1.36 bits per heavy atom. The minimum atomic E-state index is -0.0973. The van der Waals surface area contributed by atoms with E-state index in [0.29, 0.717) is 11.8 Å². The molecule has 66 valence electrons. The van der Waals surface area contributed by atoms with Crippen LogP contribution in [-0.2, 0) is 0 Å². The maximum absolute atomic E-state index is 9.56. The van der Waals surface area contributed by atoms with Gasteiger partial charge in [-0.3, -0.25) is 0 Å². The van der Waals surface area contributed by atoms with Gasteiger partial charge in [0.25, 0.3) is 0 Å². The first kappa shape index (κ1) is 9.01. The minimum Gasteiger partial charge on any atom is -0.391 e. The third-order valence-electron chi connectivity index (χ3n) is 2.88. The SMILES string of the molecule is CCC(CC)C1CNCC1O. The van der Waals surface area contributed by atoms with Crippen LogP contribution < -0.4 is 5.32 Å². The average Bonchev–Trinajstić information content (AvgIpc) is 2.40. The molecule has 0 aromatic heterocycles. The van der Waals surface area contributed by atoms with Crippen molar-refractivity contribution in [2.24, 2.45) is 11.8 Å². The van der Waals surface area contributed by atoms with Crippen LogP contribution in [0.2, 0.25) is 0 Å². The van der Waals surface area contributed by atoms with E-state index in [0.717, 1.165) is 13.1 Å². The van der Waals surface area contributed by atoms with E-state index in [1.54, 1.807) is 0 Å². The molecule has 2 N–H and O–H groups in total. The zero-order valence-corrected chi connectivity index (χ0v) is 7.51. The summed E-state index contributed by atoms with van der Waals surface area (Å²) < 4.78 is 0. The molecule has 0 radical (unpaired) electrons. The summed E-state index contributed by atoms with van der Waals surface area (Å²) in [5, 5.41) is 12.8. The van der Waals surface area contributed by atoms with Gasteiger partial charge < -0.3 is 10.4 Å². The quantitative estimate of drug-likeness (QED) is 0.640. The highest BCUT2D eigenvalue weighted by atomic mass is 16.3. The molecule has 1 aliphatic heterocycles. The largest absolute Gasteiger partial charge is 0.391 e. The van der Waals surface area contributed by atoms with E-state index < -0.39 is 0 Å². The number of hydrogen-bond acceptors (Lipinski definition) is 2. The standard InChI is InChI=1S/C9H19NO/c1-3-7(4-2)8-5-10-6-9(8)11/h7-11H,3-6H2,1-2H3. The fourth-order valence-electron chi connectivity index (χ4n) is 2.06. The summed E-state index contributed by atoms with van der Waals surface area (Å²) in [7, 11) is 0. The molecular formula is C9H19NO. The second-order valence-electron chi connectivity index (χ2n) is 3.47. The summed E-state index contributed by atoms with van der Waals surface area (Å²) in [6.45, 7) is 6.22. The molecule has 1 aliphatic rings. The van der Waals surface area contributed by atoms with Crippen molar-refractivity contribution < 1.29 is 5.11 Å². The monoisotopic (exact) mass is 157 g/mol. The van der Waals surface area contributed by atoms with Crippen molar-refractivity contribution in [1.29, 1.82) is 0 Å². The average molecular weight is 157 g/mol. The van der Waals surface area contributed by atoms with E-state index in [1.807, 2.05) is 0 Å². The molecule has 1 fully saturated rings. The van der Waals surface area contributed by atoms with Crippen molar-refractivity contribution in [2.45, 2.75) is 32.8 Å². The zero-order chi connectivity index (χ0) is 8.27. The lowest BCUT2D eigenvalue weighted by atomic mass is 9.86. The topological polar surface area (TPSA) is 32.3 Å². The van der Waals surface area contributed by atoms with E-state index in [2.05, 4.69) is 19.2 Å². The lowest BCUT2D eigenvalue weighted by Gasteiger charge is -2.22. The molecule has 11 heavy (non-hydrogen) atoms. The predicted octanol–water partition coefficient (Wildman–Crippen LogP) is 1.00. The van der Waals surface area contributed by atoms with E-state index in [4.69, 9.17) is 0 Å². The Bertz CT molecular complexity index is 112. The Hall–Kier alpha value is -0.0800. The van der Waals surface area contributed by atoms with Crippen LogP contribution in [0, 0.1) is 11.8 Å². The Morgan fingerprint density at radius 2 is 2.00 bits per heavy atom. The fourth-order valence-corrected chi connectivity index (χ4v) is 2.06. The molecular weight excluding hydrogens is 138 g/mol. The number of hydrogen-bond donors (Lipinski definition) is 2. The summed E-state index contributed by atoms with van der Waals surface area (Å²) in [6, 6.07) is 0. The Morgan fingerprint density at radius 3 is 2.36 bits per heavy atom. The molecule has 0 spiro atoms. The summed E-state index contributed by atoms with van der Waals surface area (Å²) in [5.74, 6) is 1.21. The molecule has 2 nitrogen and oxygen atoms in total. The van der Waals surface area contributed by atoms with Crippen LogP contribution in [0.25, 0.3) is 0 Å². The first-order chi connectivity index (χ1) is 5.29. The molecule has 1 rings (SSSR count). The van der Waals surface area contributed by atoms with Gasteiger partial charge in [-0.05, 0) is 5.92 Å². The fraction of sp³-hybridized carbons (Fsp3) is 1.00. The van der Waals surface area contributed by atoms with Gasteiger partial charge in [-0.15, -0.1) is 0 Å². The number of aliphatic hydroxyl groups is 1. The maximum atomic E-state index is 9.56. The van der Waals surface area contributed by atoms with Crippen LogP contribution in [-0.4, -0.2) is 24.3 Å². The van der Waals surface area contributed by atoms with Crippen molar-refractivity contribution in [3.05, 3.63) is 0 Å². The van der Waals surface area contributed by atoms with Gasteiger partial charge in [0.2, 0.25) is 0 Å². The van der Waals surface area contributed by atoms with E-state index in [-0.39, 0.29) is 6.10 Å². The van der Waals surface area contributed by atoms with Gasteiger partial charge in [-0.1, -0.05) is 26.7 Å². The van der Waals surface area contributed by atoms with Crippen LogP contribution in [0.15, 0.2) is 0 Å². The Labute approximate surface area is 69.0 Å². The van der Waals surface area contributed by atoms with Crippen molar-refractivity contribution >= 4 is 0 Å². The summed E-state index contributed by atoms with van der Waals surface area (Å²) in [4.78, 5) is 0. The predicted molar refractivity (Wildman–Crippen MR) is 46.4 cm³/mol. The van der Waals surface area contributed by atoms with E-state index in [9.17, 15) is 5.11 Å². The molecule has 0 aromatic carbocycles. The summed E-state index contributed by atoms with van der Waals surface area (Å²) in [6.07, 6.45) is 2.29. The zero-order valence-electron chi connectivity index (χ0n) is 7.51. The maximum Gasteiger partial charge on any atom is 0.0707 e. The number of nitrogens with one attached hydrogen (secondary N) is 1. The van der Waals surface area contributed by atoms with Gasteiger partial charge in [-0.25, -0.2) is 0 Å². The smallest absolute Gasteiger partial charge is 0.0707 e. The van der Waals surface area contributed by atoms with Gasteiger partial charge in [-0.2, -0.15) is 0 Å². The third kappa shape index (κ3) is 1.94. The molecule has 0 saturated carbocycles. The molecule has 2 atom stereocenters. The minimum absolute atomic E-state index is 0.0973. The van der Waals surface area contributed by atoms with Crippen molar-refractivity contribution in [3.8, 4) is 0 Å². The molecule has 2 heteroatoms. The molecule has 1 saturated heterocycles. The van der Waals surface area contributed by atoms with Gasteiger partial charge in [0.1, 0.15) is 0 Å². The van der Waals surface area contributed by atoms with Crippen LogP contribution in [0.1, 0.15) is 26.7 Å². The van der Waals surface area contributed by atoms with Gasteiger partial charge in [0.05, 0.1) is 6.10 Å². The van der Waals surface area contributed by atoms with E-state index >= 15 is 0 Å². The number of β-amino-alcohol motifs (C(OH)–C–C–N with tert-alkyl or cyclic N) is 1. The number of aliphatic hydroxyl groups excluding tert-OH is 1. The van der Waals surface area contributed by atoms with Crippen molar-refractivity contribution in [1.82, 2.24) is 5.32 Å². The highest BCUT2D eigenvalue weighted by Crippen LogP contribution is 2.24. The summed E-state index contributed by atoms with van der Waals surface area (Å²) in [5.41, 5.74) is 0. The summed E-state index contributed by atoms with van der Waals surface area (Å²) >= 11 is 0. The first-order valence-corrected chi connectivity index (χ1v) is 4.68. The Balaban J connectivity index is 2.43. The molecule has 1 heterocycles. The van der Waals surface area contributed by atoms with E-state index in [1.165, 1.54) is 12.8 Å². The molecule has 0 aromatic rings. The van der Waals surface area contributed by atoms with Gasteiger partial charge in [0, 0.05) is 19.0 Å².